The molecular formula is C10H9BrF3N5O2. The third-order valence-corrected chi connectivity index (χ3v) is 2.80. The predicted octanol–water partition coefficient (Wildman–Crippen LogP) is 2.16. The Labute approximate surface area is 124 Å². The highest BCUT2D eigenvalue weighted by Gasteiger charge is 2.27. The Morgan fingerprint density at radius 1 is 1.48 bits per heavy atom. The summed E-state index contributed by atoms with van der Waals surface area (Å²) in [5.41, 5.74) is 0.535. The van der Waals surface area contributed by atoms with Crippen LogP contribution >= 0.6 is 15.9 Å². The number of H-pyrrole nitrogens is 1. The third kappa shape index (κ3) is 4.56. The van der Waals surface area contributed by atoms with E-state index in [2.05, 4.69) is 41.3 Å². The Bertz CT molecular complexity index is 624. The quantitative estimate of drug-likeness (QED) is 0.847. The van der Waals surface area contributed by atoms with E-state index >= 15 is 0 Å². The lowest BCUT2D eigenvalue weighted by atomic mass is 10.4. The molecule has 0 spiro atoms. The van der Waals surface area contributed by atoms with Gasteiger partial charge in [-0.15, -0.1) is 0 Å². The number of rotatable bonds is 5. The lowest BCUT2D eigenvalue weighted by Crippen LogP contribution is -2.18. The number of ether oxygens (including phenoxy) is 1. The Hall–Kier alpha value is -1.88. The van der Waals surface area contributed by atoms with Gasteiger partial charge in [0.1, 0.15) is 19.0 Å². The van der Waals surface area contributed by atoms with Crippen molar-refractivity contribution in [3.8, 4) is 0 Å². The first-order chi connectivity index (χ1) is 9.85. The van der Waals surface area contributed by atoms with E-state index in [0.717, 1.165) is 4.68 Å². The number of alkyl halides is 3. The normalized spacial score (nSPS) is 11.6. The second kappa shape index (κ2) is 6.26. The van der Waals surface area contributed by atoms with Crippen molar-refractivity contribution in [2.24, 2.45) is 0 Å². The molecule has 0 aliphatic rings. The molecule has 0 radical (unpaired) electrons. The van der Waals surface area contributed by atoms with Gasteiger partial charge in [0.2, 0.25) is 0 Å². The molecule has 0 unspecified atom stereocenters. The molecule has 2 N–H and O–H groups in total. The van der Waals surface area contributed by atoms with Crippen LogP contribution in [0, 0.1) is 0 Å². The lowest BCUT2D eigenvalue weighted by molar-refractivity contribution is -0.182. The summed E-state index contributed by atoms with van der Waals surface area (Å²) < 4.78 is 41.8. The molecule has 2 aromatic rings. The number of nitrogens with zero attached hydrogens (tertiary/aromatic N) is 3. The second-order valence-corrected chi connectivity index (χ2v) is 4.76. The molecule has 0 aliphatic heterocycles. The second-order valence-electron chi connectivity index (χ2n) is 3.91. The largest absolute Gasteiger partial charge is 0.411 e. The standard InChI is InChI=1S/C10H9BrF3N5O2/c11-7-2-15-18-8(7)9(20)17-6-1-16-19(3-6)5-21-4-10(12,13)14/h1-3H,4-5H2,(H,15,18)(H,17,20). The lowest BCUT2D eigenvalue weighted by Gasteiger charge is -2.07. The number of nitrogens with one attached hydrogen (secondary N) is 2. The van der Waals surface area contributed by atoms with Gasteiger partial charge < -0.3 is 10.1 Å². The molecule has 0 aliphatic carbocycles. The van der Waals surface area contributed by atoms with Crippen LogP contribution in [0.5, 0.6) is 0 Å². The molecule has 0 bridgehead atoms. The number of carbonyl (C=O) groups excluding carboxylic acids is 1. The van der Waals surface area contributed by atoms with Crippen LogP contribution in [0.25, 0.3) is 0 Å². The van der Waals surface area contributed by atoms with Crippen LogP contribution in [0.2, 0.25) is 0 Å². The smallest absolute Gasteiger partial charge is 0.350 e. The zero-order valence-corrected chi connectivity index (χ0v) is 11.9. The summed E-state index contributed by atoms with van der Waals surface area (Å²) in [7, 11) is 0. The first-order valence-corrected chi connectivity index (χ1v) is 6.31. The van der Waals surface area contributed by atoms with Crippen LogP contribution in [0.4, 0.5) is 18.9 Å². The summed E-state index contributed by atoms with van der Waals surface area (Å²) >= 11 is 3.14. The zero-order chi connectivity index (χ0) is 15.5. The average Bonchev–Trinajstić information content (AvgIpc) is 2.97. The number of aromatic nitrogens is 4. The van der Waals surface area contributed by atoms with Gasteiger partial charge in [-0.1, -0.05) is 0 Å². The van der Waals surface area contributed by atoms with Gasteiger partial charge in [0, 0.05) is 0 Å². The number of hydrogen-bond acceptors (Lipinski definition) is 4. The molecular weight excluding hydrogens is 359 g/mol. The first kappa shape index (κ1) is 15.5. The van der Waals surface area contributed by atoms with Crippen LogP contribution in [0.1, 0.15) is 10.5 Å². The topological polar surface area (TPSA) is 84.8 Å². The molecule has 0 fully saturated rings. The Morgan fingerprint density at radius 3 is 2.86 bits per heavy atom. The summed E-state index contributed by atoms with van der Waals surface area (Å²) in [6.45, 7) is -1.74. The molecule has 7 nitrogen and oxygen atoms in total. The third-order valence-electron chi connectivity index (χ3n) is 2.20. The zero-order valence-electron chi connectivity index (χ0n) is 10.3. The summed E-state index contributed by atoms with van der Waals surface area (Å²) in [6.07, 6.45) is -0.335. The fourth-order valence-corrected chi connectivity index (χ4v) is 1.75. The highest BCUT2D eigenvalue weighted by Crippen LogP contribution is 2.16. The number of hydrogen-bond donors (Lipinski definition) is 2. The van der Waals surface area contributed by atoms with E-state index in [1.807, 2.05) is 0 Å². The summed E-state index contributed by atoms with van der Waals surface area (Å²) in [6, 6.07) is 0. The highest BCUT2D eigenvalue weighted by atomic mass is 79.9. The monoisotopic (exact) mass is 367 g/mol. The first-order valence-electron chi connectivity index (χ1n) is 5.52. The molecule has 0 aromatic carbocycles. The maximum Gasteiger partial charge on any atom is 0.411 e. The van der Waals surface area contributed by atoms with Gasteiger partial charge in [-0.2, -0.15) is 23.4 Å². The number of carbonyl (C=O) groups is 1. The van der Waals surface area contributed by atoms with E-state index in [1.54, 1.807) is 0 Å². The van der Waals surface area contributed by atoms with Crippen molar-refractivity contribution < 1.29 is 22.7 Å². The molecule has 0 atom stereocenters. The van der Waals surface area contributed by atoms with Crippen LogP contribution in [-0.2, 0) is 11.5 Å². The van der Waals surface area contributed by atoms with Gasteiger partial charge in [0.15, 0.2) is 0 Å². The van der Waals surface area contributed by atoms with E-state index in [1.165, 1.54) is 18.6 Å². The molecule has 2 aromatic heterocycles. The van der Waals surface area contributed by atoms with Crippen molar-refractivity contribution in [3.05, 3.63) is 28.8 Å². The van der Waals surface area contributed by atoms with Crippen molar-refractivity contribution in [1.82, 2.24) is 20.0 Å². The van der Waals surface area contributed by atoms with Gasteiger partial charge in [0.25, 0.3) is 5.91 Å². The summed E-state index contributed by atoms with van der Waals surface area (Å²) in [4.78, 5) is 11.8. The van der Waals surface area contributed by atoms with Crippen molar-refractivity contribution >= 4 is 27.5 Å². The maximum absolute atomic E-state index is 11.9. The van der Waals surface area contributed by atoms with E-state index in [0.29, 0.717) is 10.2 Å². The van der Waals surface area contributed by atoms with Crippen LogP contribution < -0.4 is 5.32 Å². The fraction of sp³-hybridized carbons (Fsp3) is 0.300. The van der Waals surface area contributed by atoms with E-state index in [-0.39, 0.29) is 12.4 Å². The van der Waals surface area contributed by atoms with Gasteiger partial charge in [0.05, 0.1) is 28.8 Å². The molecule has 11 heteroatoms. The Morgan fingerprint density at radius 2 is 2.24 bits per heavy atom. The minimum atomic E-state index is -4.39. The summed E-state index contributed by atoms with van der Waals surface area (Å²) in [5.74, 6) is -0.463. The molecule has 1 amide bonds. The van der Waals surface area contributed by atoms with Gasteiger partial charge in [-0.05, 0) is 15.9 Å². The van der Waals surface area contributed by atoms with E-state index in [9.17, 15) is 18.0 Å². The van der Waals surface area contributed by atoms with Crippen molar-refractivity contribution in [3.63, 3.8) is 0 Å². The Balaban J connectivity index is 1.89. The molecule has 2 heterocycles. The van der Waals surface area contributed by atoms with E-state index in [4.69, 9.17) is 0 Å². The molecule has 21 heavy (non-hydrogen) atoms. The summed E-state index contributed by atoms with van der Waals surface area (Å²) in [5, 5.41) is 12.4. The highest BCUT2D eigenvalue weighted by molar-refractivity contribution is 9.10. The van der Waals surface area contributed by atoms with Crippen LogP contribution in [-0.4, -0.2) is 38.7 Å². The number of aromatic amines is 1. The maximum atomic E-state index is 11.9. The number of anilines is 1. The molecule has 0 saturated carbocycles. The van der Waals surface area contributed by atoms with Crippen molar-refractivity contribution in [2.45, 2.75) is 12.9 Å². The van der Waals surface area contributed by atoms with Gasteiger partial charge >= 0.3 is 6.18 Å². The van der Waals surface area contributed by atoms with Crippen molar-refractivity contribution in [1.29, 1.82) is 0 Å². The van der Waals surface area contributed by atoms with Crippen molar-refractivity contribution in [2.75, 3.05) is 11.9 Å². The molecule has 114 valence electrons. The fourth-order valence-electron chi connectivity index (χ4n) is 1.38. The van der Waals surface area contributed by atoms with Crippen LogP contribution in [0.3, 0.4) is 0 Å². The minimum Gasteiger partial charge on any atom is -0.350 e. The molecule has 0 saturated heterocycles. The molecule has 2 rings (SSSR count). The Kier molecular flexibility index (Phi) is 4.63. The van der Waals surface area contributed by atoms with Gasteiger partial charge in [-0.25, -0.2) is 4.68 Å². The minimum absolute atomic E-state index is 0.219. The SMILES string of the molecule is O=C(Nc1cnn(COCC(F)(F)F)c1)c1[nH]ncc1Br. The van der Waals surface area contributed by atoms with Crippen LogP contribution in [0.15, 0.2) is 23.1 Å². The predicted molar refractivity (Wildman–Crippen MR) is 68.5 cm³/mol. The number of halogens is 4. The average molecular weight is 368 g/mol. The number of amides is 1. The van der Waals surface area contributed by atoms with E-state index < -0.39 is 18.7 Å². The van der Waals surface area contributed by atoms with Gasteiger partial charge in [-0.3, -0.25) is 9.89 Å².